The smallest absolute Gasteiger partial charge is 0.228 e. The summed E-state index contributed by atoms with van der Waals surface area (Å²) in [6.45, 7) is 3.96. The Morgan fingerprint density at radius 3 is 2.80 bits per heavy atom. The van der Waals surface area contributed by atoms with Crippen LogP contribution in [0.4, 0.5) is 0 Å². The number of rotatable bonds is 6. The molecule has 2 N–H and O–H groups in total. The predicted octanol–water partition coefficient (Wildman–Crippen LogP) is 1.39. The fourth-order valence-electron chi connectivity index (χ4n) is 2.83. The molecule has 1 saturated carbocycles. The van der Waals surface area contributed by atoms with E-state index in [0.29, 0.717) is 43.9 Å². The maximum absolute atomic E-state index is 6.11. The molecule has 1 atom stereocenters. The molecule has 112 valence electrons. The van der Waals surface area contributed by atoms with Crippen molar-refractivity contribution in [3.05, 3.63) is 11.7 Å². The van der Waals surface area contributed by atoms with Crippen LogP contribution in [0.15, 0.2) is 4.52 Å². The van der Waals surface area contributed by atoms with Crippen LogP contribution in [0.25, 0.3) is 0 Å². The third-order valence-corrected chi connectivity index (χ3v) is 4.23. The van der Waals surface area contributed by atoms with Crippen LogP contribution in [0.5, 0.6) is 0 Å². The zero-order valence-electron chi connectivity index (χ0n) is 12.0. The van der Waals surface area contributed by atoms with E-state index in [1.807, 2.05) is 6.92 Å². The maximum Gasteiger partial charge on any atom is 0.228 e. The van der Waals surface area contributed by atoms with Crippen LogP contribution in [0.3, 0.4) is 0 Å². The first-order valence-corrected chi connectivity index (χ1v) is 7.54. The summed E-state index contributed by atoms with van der Waals surface area (Å²) in [5.74, 6) is 1.92. The molecular weight excluding hydrogens is 258 g/mol. The maximum atomic E-state index is 6.11. The normalized spacial score (nSPS) is 23.7. The minimum atomic E-state index is -0.446. The van der Waals surface area contributed by atoms with Gasteiger partial charge in [0.15, 0.2) is 0 Å². The third kappa shape index (κ3) is 2.87. The minimum Gasteiger partial charge on any atom is -0.381 e. The van der Waals surface area contributed by atoms with Crippen molar-refractivity contribution in [3.63, 3.8) is 0 Å². The van der Waals surface area contributed by atoms with Crippen LogP contribution in [0, 0.1) is 5.92 Å². The monoisotopic (exact) mass is 281 g/mol. The van der Waals surface area contributed by atoms with Crippen molar-refractivity contribution < 1.29 is 14.0 Å². The Kier molecular flexibility index (Phi) is 4.05. The SMILES string of the molecule is CCOC1(c2noc(CC(N)C3CC3)n2)CCOCC1. The molecule has 0 amide bonds. The molecule has 6 heteroatoms. The second-order valence-electron chi connectivity index (χ2n) is 5.76. The molecule has 1 aliphatic carbocycles. The lowest BCUT2D eigenvalue weighted by Crippen LogP contribution is -2.37. The quantitative estimate of drug-likeness (QED) is 0.848. The lowest BCUT2D eigenvalue weighted by Gasteiger charge is -2.33. The molecule has 0 bridgehead atoms. The van der Waals surface area contributed by atoms with Gasteiger partial charge in [0.1, 0.15) is 5.60 Å². The molecule has 2 fully saturated rings. The van der Waals surface area contributed by atoms with Gasteiger partial charge in [0, 0.05) is 45.1 Å². The molecule has 0 radical (unpaired) electrons. The van der Waals surface area contributed by atoms with Gasteiger partial charge < -0.3 is 19.7 Å². The summed E-state index contributed by atoms with van der Waals surface area (Å²) in [5.41, 5.74) is 5.67. The molecule has 2 aliphatic rings. The number of aromatic nitrogens is 2. The van der Waals surface area contributed by atoms with Crippen molar-refractivity contribution in [2.45, 2.75) is 50.7 Å². The lowest BCUT2D eigenvalue weighted by molar-refractivity contribution is -0.118. The van der Waals surface area contributed by atoms with Gasteiger partial charge in [0.25, 0.3) is 0 Å². The van der Waals surface area contributed by atoms with E-state index in [1.165, 1.54) is 12.8 Å². The summed E-state index contributed by atoms with van der Waals surface area (Å²) in [6.07, 6.45) is 4.66. The standard InChI is InChI=1S/C14H23N3O3/c1-2-19-14(5-7-18-8-6-14)13-16-12(20-17-13)9-11(15)10-3-4-10/h10-11H,2-9,15H2,1H3. The van der Waals surface area contributed by atoms with Crippen LogP contribution in [-0.2, 0) is 21.5 Å². The van der Waals surface area contributed by atoms with Crippen LogP contribution >= 0.6 is 0 Å². The Bertz CT molecular complexity index is 433. The largest absolute Gasteiger partial charge is 0.381 e. The molecule has 0 aromatic carbocycles. The Hall–Kier alpha value is -0.980. The van der Waals surface area contributed by atoms with E-state index in [2.05, 4.69) is 10.1 Å². The lowest BCUT2D eigenvalue weighted by atomic mass is 9.93. The summed E-state index contributed by atoms with van der Waals surface area (Å²) < 4.78 is 16.7. The number of hydrogen-bond donors (Lipinski definition) is 1. The van der Waals surface area contributed by atoms with Crippen molar-refractivity contribution in [1.82, 2.24) is 10.1 Å². The average Bonchev–Trinajstić information content (AvgIpc) is 3.21. The highest BCUT2D eigenvalue weighted by atomic mass is 16.5. The highest BCUT2D eigenvalue weighted by Crippen LogP contribution is 2.35. The molecule has 20 heavy (non-hydrogen) atoms. The summed E-state index contributed by atoms with van der Waals surface area (Å²) in [5, 5.41) is 4.14. The summed E-state index contributed by atoms with van der Waals surface area (Å²) in [7, 11) is 0. The van der Waals surface area contributed by atoms with E-state index in [4.69, 9.17) is 19.7 Å². The van der Waals surface area contributed by atoms with Crippen molar-refractivity contribution >= 4 is 0 Å². The fourth-order valence-corrected chi connectivity index (χ4v) is 2.83. The zero-order valence-corrected chi connectivity index (χ0v) is 12.0. The highest BCUT2D eigenvalue weighted by Gasteiger charge is 2.40. The van der Waals surface area contributed by atoms with Crippen LogP contribution in [-0.4, -0.2) is 36.0 Å². The molecule has 1 aromatic heterocycles. The van der Waals surface area contributed by atoms with Gasteiger partial charge in [0.2, 0.25) is 11.7 Å². The number of nitrogens with zero attached hydrogens (tertiary/aromatic N) is 2. The van der Waals surface area contributed by atoms with Crippen molar-refractivity contribution in [3.8, 4) is 0 Å². The molecule has 1 saturated heterocycles. The summed E-state index contributed by atoms with van der Waals surface area (Å²) >= 11 is 0. The molecular formula is C14H23N3O3. The van der Waals surface area contributed by atoms with Gasteiger partial charge >= 0.3 is 0 Å². The van der Waals surface area contributed by atoms with E-state index < -0.39 is 5.60 Å². The van der Waals surface area contributed by atoms with Crippen molar-refractivity contribution in [2.75, 3.05) is 19.8 Å². The van der Waals surface area contributed by atoms with Crippen molar-refractivity contribution in [2.24, 2.45) is 11.7 Å². The molecule has 1 aliphatic heterocycles. The molecule has 3 rings (SSSR count). The first kappa shape index (κ1) is 14.0. The Balaban J connectivity index is 1.72. The van der Waals surface area contributed by atoms with Crippen LogP contribution in [0.2, 0.25) is 0 Å². The number of nitrogens with two attached hydrogens (primary N) is 1. The Morgan fingerprint density at radius 2 is 2.15 bits per heavy atom. The van der Waals surface area contributed by atoms with E-state index in [1.54, 1.807) is 0 Å². The predicted molar refractivity (Wildman–Crippen MR) is 72.1 cm³/mol. The topological polar surface area (TPSA) is 83.4 Å². The second kappa shape index (κ2) is 5.79. The molecule has 6 nitrogen and oxygen atoms in total. The van der Waals surface area contributed by atoms with Gasteiger partial charge in [-0.2, -0.15) is 4.98 Å². The first-order chi connectivity index (χ1) is 9.73. The van der Waals surface area contributed by atoms with Gasteiger partial charge in [-0.05, 0) is 25.7 Å². The molecule has 1 aromatic rings. The van der Waals surface area contributed by atoms with Gasteiger partial charge in [-0.25, -0.2) is 0 Å². The molecule has 2 heterocycles. The number of hydrogen-bond acceptors (Lipinski definition) is 6. The minimum absolute atomic E-state index is 0.140. The van der Waals surface area contributed by atoms with E-state index in [-0.39, 0.29) is 6.04 Å². The number of ether oxygens (including phenoxy) is 2. The van der Waals surface area contributed by atoms with Gasteiger partial charge in [-0.1, -0.05) is 5.16 Å². The molecule has 0 spiro atoms. The van der Waals surface area contributed by atoms with Gasteiger partial charge in [-0.3, -0.25) is 0 Å². The van der Waals surface area contributed by atoms with E-state index >= 15 is 0 Å². The Labute approximate surface area is 119 Å². The van der Waals surface area contributed by atoms with Gasteiger partial charge in [-0.15, -0.1) is 0 Å². The summed E-state index contributed by atoms with van der Waals surface area (Å²) in [6, 6.07) is 0.140. The van der Waals surface area contributed by atoms with E-state index in [9.17, 15) is 0 Å². The van der Waals surface area contributed by atoms with Crippen LogP contribution in [0.1, 0.15) is 44.3 Å². The van der Waals surface area contributed by atoms with Gasteiger partial charge in [0.05, 0.1) is 0 Å². The van der Waals surface area contributed by atoms with E-state index in [0.717, 1.165) is 12.8 Å². The second-order valence-corrected chi connectivity index (χ2v) is 5.76. The fraction of sp³-hybridized carbons (Fsp3) is 0.857. The summed E-state index contributed by atoms with van der Waals surface area (Å²) in [4.78, 5) is 4.54. The highest BCUT2D eigenvalue weighted by molar-refractivity contribution is 5.04. The molecule has 1 unspecified atom stereocenters. The third-order valence-electron chi connectivity index (χ3n) is 4.23. The Morgan fingerprint density at radius 1 is 1.40 bits per heavy atom. The first-order valence-electron chi connectivity index (χ1n) is 7.54. The van der Waals surface area contributed by atoms with Crippen LogP contribution < -0.4 is 5.73 Å². The van der Waals surface area contributed by atoms with Crippen molar-refractivity contribution in [1.29, 1.82) is 0 Å². The zero-order chi connectivity index (χ0) is 14.0. The average molecular weight is 281 g/mol.